The van der Waals surface area contributed by atoms with Gasteiger partial charge in [0.2, 0.25) is 11.8 Å². The number of benzene rings is 2. The molecule has 2 aromatic carbocycles. The molecule has 154 valence electrons. The van der Waals surface area contributed by atoms with Gasteiger partial charge in [0.1, 0.15) is 11.6 Å². The fraction of sp³-hybridized carbons (Fsp3) is 0.227. The Morgan fingerprint density at radius 2 is 2.00 bits per heavy atom. The molecule has 2 heterocycles. The van der Waals surface area contributed by atoms with E-state index in [0.29, 0.717) is 36.5 Å². The Hall–Kier alpha value is -3.55. The summed E-state index contributed by atoms with van der Waals surface area (Å²) in [5.74, 6) is -0.837. The predicted octanol–water partition coefficient (Wildman–Crippen LogP) is 4.32. The van der Waals surface area contributed by atoms with Gasteiger partial charge >= 0.3 is 0 Å². The number of rotatable bonds is 6. The normalized spacial score (nSPS) is 13.7. The first-order valence-corrected chi connectivity index (χ1v) is 9.60. The van der Waals surface area contributed by atoms with Gasteiger partial charge in [-0.1, -0.05) is 12.1 Å². The van der Waals surface area contributed by atoms with Gasteiger partial charge in [-0.3, -0.25) is 9.59 Å². The molecule has 2 amide bonds. The lowest BCUT2D eigenvalue weighted by molar-refractivity contribution is -0.117. The van der Waals surface area contributed by atoms with Crippen LogP contribution in [0.15, 0.2) is 53.1 Å². The summed E-state index contributed by atoms with van der Waals surface area (Å²) < 4.78 is 33.7. The van der Waals surface area contributed by atoms with E-state index < -0.39 is 11.6 Å². The van der Waals surface area contributed by atoms with E-state index >= 15 is 0 Å². The Bertz CT molecular complexity index is 1100. The summed E-state index contributed by atoms with van der Waals surface area (Å²) in [6.07, 6.45) is 2.81. The second-order valence-electron chi connectivity index (χ2n) is 6.96. The lowest BCUT2D eigenvalue weighted by Crippen LogP contribution is -2.24. The van der Waals surface area contributed by atoms with Crippen LogP contribution in [0.5, 0.6) is 0 Å². The van der Waals surface area contributed by atoms with Crippen LogP contribution in [-0.4, -0.2) is 23.3 Å². The van der Waals surface area contributed by atoms with Crippen molar-refractivity contribution in [3.05, 3.63) is 66.2 Å². The SMILES string of the molecule is O=C(CCc1ncc(-c2ccccc2F)o1)Nc1ccc(N2CCCC2=O)c(F)c1. The lowest BCUT2D eigenvalue weighted by atomic mass is 10.2. The minimum Gasteiger partial charge on any atom is -0.441 e. The molecule has 0 aliphatic carbocycles. The van der Waals surface area contributed by atoms with Crippen LogP contribution in [0, 0.1) is 11.6 Å². The third-order valence-electron chi connectivity index (χ3n) is 4.85. The molecular weight excluding hydrogens is 392 g/mol. The van der Waals surface area contributed by atoms with Gasteiger partial charge in [0.05, 0.1) is 17.4 Å². The third-order valence-corrected chi connectivity index (χ3v) is 4.85. The molecule has 1 N–H and O–H groups in total. The average molecular weight is 411 g/mol. The van der Waals surface area contributed by atoms with E-state index in [4.69, 9.17) is 4.42 Å². The van der Waals surface area contributed by atoms with Crippen LogP contribution in [0.4, 0.5) is 20.2 Å². The highest BCUT2D eigenvalue weighted by Gasteiger charge is 2.24. The zero-order valence-corrected chi connectivity index (χ0v) is 16.0. The number of amides is 2. The second kappa shape index (κ2) is 8.44. The maximum atomic E-state index is 14.4. The standard InChI is InChI=1S/C22H19F2N3O3/c23-16-5-2-1-4-15(16)19-13-25-21(30-19)10-9-20(28)26-14-7-8-18(17(24)12-14)27-11-3-6-22(27)29/h1-2,4-5,7-8,12-13H,3,6,9-11H2,(H,26,28). The van der Waals surface area contributed by atoms with Crippen LogP contribution in [0.3, 0.4) is 0 Å². The fourth-order valence-electron chi connectivity index (χ4n) is 3.36. The number of hydrogen-bond donors (Lipinski definition) is 1. The first-order chi connectivity index (χ1) is 14.5. The van der Waals surface area contributed by atoms with E-state index in [9.17, 15) is 18.4 Å². The molecule has 1 aliphatic rings. The topological polar surface area (TPSA) is 75.4 Å². The van der Waals surface area contributed by atoms with Crippen molar-refractivity contribution in [2.45, 2.75) is 25.7 Å². The number of carbonyl (C=O) groups is 2. The van der Waals surface area contributed by atoms with E-state index in [-0.39, 0.29) is 36.1 Å². The van der Waals surface area contributed by atoms with Crippen molar-refractivity contribution in [1.29, 1.82) is 0 Å². The number of carbonyl (C=O) groups excluding carboxylic acids is 2. The number of halogens is 2. The van der Waals surface area contributed by atoms with Crippen molar-refractivity contribution in [1.82, 2.24) is 4.98 Å². The smallest absolute Gasteiger partial charge is 0.227 e. The molecule has 0 atom stereocenters. The first-order valence-electron chi connectivity index (χ1n) is 9.60. The van der Waals surface area contributed by atoms with Gasteiger partial charge in [-0.05, 0) is 36.8 Å². The third kappa shape index (κ3) is 4.22. The van der Waals surface area contributed by atoms with Gasteiger partial charge in [0, 0.05) is 31.5 Å². The highest BCUT2D eigenvalue weighted by Crippen LogP contribution is 2.27. The molecule has 1 aliphatic heterocycles. The molecule has 0 unspecified atom stereocenters. The molecule has 0 spiro atoms. The zero-order valence-electron chi connectivity index (χ0n) is 16.0. The second-order valence-corrected chi connectivity index (χ2v) is 6.96. The van der Waals surface area contributed by atoms with Crippen molar-refractivity contribution in [3.8, 4) is 11.3 Å². The Morgan fingerprint density at radius 3 is 2.73 bits per heavy atom. The van der Waals surface area contributed by atoms with E-state index in [2.05, 4.69) is 10.3 Å². The molecule has 30 heavy (non-hydrogen) atoms. The van der Waals surface area contributed by atoms with E-state index in [0.717, 1.165) is 0 Å². The first kappa shape index (κ1) is 19.8. The molecule has 4 rings (SSSR count). The summed E-state index contributed by atoms with van der Waals surface area (Å²) in [6, 6.07) is 10.4. The monoisotopic (exact) mass is 411 g/mol. The average Bonchev–Trinajstić information content (AvgIpc) is 3.36. The highest BCUT2D eigenvalue weighted by molar-refractivity contribution is 5.96. The van der Waals surface area contributed by atoms with Gasteiger partial charge < -0.3 is 14.6 Å². The van der Waals surface area contributed by atoms with Crippen molar-refractivity contribution in [2.24, 2.45) is 0 Å². The number of nitrogens with one attached hydrogen (secondary N) is 1. The minimum atomic E-state index is -0.565. The van der Waals surface area contributed by atoms with Crippen molar-refractivity contribution < 1.29 is 22.8 Å². The molecule has 0 saturated carbocycles. The zero-order chi connectivity index (χ0) is 21.1. The van der Waals surface area contributed by atoms with E-state index in [1.165, 1.54) is 29.3 Å². The molecule has 8 heteroatoms. The van der Waals surface area contributed by atoms with Crippen molar-refractivity contribution in [2.75, 3.05) is 16.8 Å². The Balaban J connectivity index is 1.35. The van der Waals surface area contributed by atoms with Gasteiger partial charge in [-0.2, -0.15) is 0 Å². The van der Waals surface area contributed by atoms with Gasteiger partial charge in [0.25, 0.3) is 0 Å². The number of aromatic nitrogens is 1. The quantitative estimate of drug-likeness (QED) is 0.656. The Kier molecular flexibility index (Phi) is 5.56. The van der Waals surface area contributed by atoms with Crippen LogP contribution in [0.25, 0.3) is 11.3 Å². The van der Waals surface area contributed by atoms with Crippen molar-refractivity contribution in [3.63, 3.8) is 0 Å². The maximum Gasteiger partial charge on any atom is 0.227 e. The van der Waals surface area contributed by atoms with Gasteiger partial charge in [-0.25, -0.2) is 13.8 Å². The van der Waals surface area contributed by atoms with Crippen LogP contribution in [-0.2, 0) is 16.0 Å². The van der Waals surface area contributed by atoms with Gasteiger partial charge in [-0.15, -0.1) is 0 Å². The van der Waals surface area contributed by atoms with Crippen molar-refractivity contribution >= 4 is 23.2 Å². The molecule has 0 bridgehead atoms. The summed E-state index contributed by atoms with van der Waals surface area (Å²) in [5.41, 5.74) is 0.816. The van der Waals surface area contributed by atoms with E-state index in [1.807, 2.05) is 0 Å². The molecule has 1 saturated heterocycles. The van der Waals surface area contributed by atoms with Crippen LogP contribution in [0.2, 0.25) is 0 Å². The summed E-state index contributed by atoms with van der Waals surface area (Å²) in [6.45, 7) is 0.493. The molecular formula is C22H19F2N3O3. The van der Waals surface area contributed by atoms with Crippen LogP contribution < -0.4 is 10.2 Å². The summed E-state index contributed by atoms with van der Waals surface area (Å²) in [7, 11) is 0. The Labute approximate surface area is 171 Å². The van der Waals surface area contributed by atoms with Gasteiger partial charge in [0.15, 0.2) is 11.7 Å². The largest absolute Gasteiger partial charge is 0.441 e. The molecule has 6 nitrogen and oxygen atoms in total. The van der Waals surface area contributed by atoms with Crippen LogP contribution >= 0.6 is 0 Å². The molecule has 3 aromatic rings. The highest BCUT2D eigenvalue weighted by atomic mass is 19.1. The minimum absolute atomic E-state index is 0.0607. The number of nitrogens with zero attached hydrogens (tertiary/aromatic N) is 2. The number of hydrogen-bond acceptors (Lipinski definition) is 4. The summed E-state index contributed by atoms with van der Waals surface area (Å²) in [4.78, 5) is 29.5. The molecule has 1 fully saturated rings. The summed E-state index contributed by atoms with van der Waals surface area (Å²) >= 11 is 0. The molecule has 1 aromatic heterocycles. The lowest BCUT2D eigenvalue weighted by Gasteiger charge is -2.17. The van der Waals surface area contributed by atoms with Crippen LogP contribution in [0.1, 0.15) is 25.2 Å². The number of aryl methyl sites for hydroxylation is 1. The molecule has 0 radical (unpaired) electrons. The van der Waals surface area contributed by atoms with E-state index in [1.54, 1.807) is 24.3 Å². The number of oxazole rings is 1. The predicted molar refractivity (Wildman–Crippen MR) is 107 cm³/mol. The Morgan fingerprint density at radius 1 is 1.17 bits per heavy atom. The maximum absolute atomic E-state index is 14.4. The fourth-order valence-corrected chi connectivity index (χ4v) is 3.36. The number of anilines is 2. The summed E-state index contributed by atoms with van der Waals surface area (Å²) in [5, 5.41) is 2.62.